The highest BCUT2D eigenvalue weighted by atomic mass is 16.5. The van der Waals surface area contributed by atoms with Gasteiger partial charge in [0, 0.05) is 62.3 Å². The summed E-state index contributed by atoms with van der Waals surface area (Å²) in [5.41, 5.74) is 4.10. The average molecular weight is 288 g/mol. The van der Waals surface area contributed by atoms with E-state index < -0.39 is 0 Å². The van der Waals surface area contributed by atoms with E-state index in [0.29, 0.717) is 12.2 Å². The van der Waals surface area contributed by atoms with Gasteiger partial charge in [0.2, 0.25) is 0 Å². The van der Waals surface area contributed by atoms with Crippen LogP contribution < -0.4 is 14.8 Å². The molecule has 0 aliphatic carbocycles. The standard InChI is InChI=1S/C17H24N2O2/c1-11-7-13-9-16-14(8-12(2)20-16)15(17(13)21-11)10-19-5-3-18-4-6-19/h9,11-12,18H,3-8,10H2,1-2H3. The number of nitrogens with one attached hydrogen (secondary N) is 1. The van der Waals surface area contributed by atoms with Crippen molar-refractivity contribution in [1.29, 1.82) is 0 Å². The molecule has 0 amide bonds. The van der Waals surface area contributed by atoms with Gasteiger partial charge in [-0.1, -0.05) is 0 Å². The maximum absolute atomic E-state index is 6.14. The van der Waals surface area contributed by atoms with Crippen molar-refractivity contribution in [2.24, 2.45) is 0 Å². The highest BCUT2D eigenvalue weighted by Gasteiger charge is 2.32. The molecule has 1 saturated heterocycles. The predicted molar refractivity (Wildman–Crippen MR) is 82.2 cm³/mol. The van der Waals surface area contributed by atoms with Crippen LogP contribution in [0.25, 0.3) is 0 Å². The van der Waals surface area contributed by atoms with Crippen molar-refractivity contribution in [3.8, 4) is 11.5 Å². The molecule has 3 aliphatic rings. The number of hydrogen-bond acceptors (Lipinski definition) is 4. The summed E-state index contributed by atoms with van der Waals surface area (Å²) in [6, 6.07) is 2.22. The van der Waals surface area contributed by atoms with Crippen LogP contribution in [0.4, 0.5) is 0 Å². The van der Waals surface area contributed by atoms with Crippen LogP contribution >= 0.6 is 0 Å². The first kappa shape index (κ1) is 13.4. The lowest BCUT2D eigenvalue weighted by atomic mass is 9.97. The number of rotatable bonds is 2. The van der Waals surface area contributed by atoms with Crippen LogP contribution in [-0.4, -0.2) is 43.3 Å². The van der Waals surface area contributed by atoms with E-state index in [0.717, 1.165) is 57.1 Å². The minimum atomic E-state index is 0.293. The van der Waals surface area contributed by atoms with Crippen molar-refractivity contribution in [1.82, 2.24) is 10.2 Å². The molecule has 2 atom stereocenters. The molecule has 4 rings (SSSR count). The molecular weight excluding hydrogens is 264 g/mol. The van der Waals surface area contributed by atoms with E-state index in [2.05, 4.69) is 30.1 Å². The summed E-state index contributed by atoms with van der Waals surface area (Å²) in [5, 5.41) is 3.42. The largest absolute Gasteiger partial charge is 0.490 e. The normalized spacial score (nSPS) is 27.9. The van der Waals surface area contributed by atoms with Gasteiger partial charge in [-0.15, -0.1) is 0 Å². The van der Waals surface area contributed by atoms with Crippen LogP contribution in [-0.2, 0) is 19.4 Å². The molecule has 3 aliphatic heterocycles. The summed E-state index contributed by atoms with van der Waals surface area (Å²) in [5.74, 6) is 2.25. The van der Waals surface area contributed by atoms with Crippen molar-refractivity contribution in [2.45, 2.75) is 45.4 Å². The van der Waals surface area contributed by atoms with Gasteiger partial charge in [-0.05, 0) is 19.9 Å². The van der Waals surface area contributed by atoms with Crippen molar-refractivity contribution in [2.75, 3.05) is 26.2 Å². The number of benzene rings is 1. The lowest BCUT2D eigenvalue weighted by molar-refractivity contribution is 0.220. The number of fused-ring (bicyclic) bond motifs is 2. The first-order valence-corrected chi connectivity index (χ1v) is 8.14. The third kappa shape index (κ3) is 2.40. The Labute approximate surface area is 126 Å². The Morgan fingerprint density at radius 2 is 1.90 bits per heavy atom. The number of nitrogens with zero attached hydrogens (tertiary/aromatic N) is 1. The molecule has 1 aromatic carbocycles. The van der Waals surface area contributed by atoms with E-state index in [9.17, 15) is 0 Å². The van der Waals surface area contributed by atoms with E-state index in [-0.39, 0.29) is 0 Å². The molecule has 2 unspecified atom stereocenters. The van der Waals surface area contributed by atoms with Gasteiger partial charge in [0.15, 0.2) is 0 Å². The second-order valence-corrected chi connectivity index (χ2v) is 6.61. The summed E-state index contributed by atoms with van der Waals surface area (Å²) in [7, 11) is 0. The summed E-state index contributed by atoms with van der Waals surface area (Å²) >= 11 is 0. The molecule has 3 heterocycles. The van der Waals surface area contributed by atoms with Gasteiger partial charge >= 0.3 is 0 Å². The summed E-state index contributed by atoms with van der Waals surface area (Å²) < 4.78 is 12.2. The minimum absolute atomic E-state index is 0.293. The molecule has 0 radical (unpaired) electrons. The van der Waals surface area contributed by atoms with Crippen molar-refractivity contribution < 1.29 is 9.47 Å². The third-order valence-corrected chi connectivity index (χ3v) is 4.77. The Balaban J connectivity index is 1.70. The van der Waals surface area contributed by atoms with Gasteiger partial charge in [0.25, 0.3) is 0 Å². The van der Waals surface area contributed by atoms with Crippen LogP contribution in [0.15, 0.2) is 6.07 Å². The quantitative estimate of drug-likeness (QED) is 0.899. The second-order valence-electron chi connectivity index (χ2n) is 6.61. The lowest BCUT2D eigenvalue weighted by Crippen LogP contribution is -2.43. The first-order chi connectivity index (χ1) is 10.2. The summed E-state index contributed by atoms with van der Waals surface area (Å²) in [4.78, 5) is 2.53. The van der Waals surface area contributed by atoms with Crippen molar-refractivity contribution >= 4 is 0 Å². The smallest absolute Gasteiger partial charge is 0.128 e. The monoisotopic (exact) mass is 288 g/mol. The number of ether oxygens (including phenoxy) is 2. The Hall–Kier alpha value is -1.26. The number of piperazine rings is 1. The second kappa shape index (κ2) is 5.18. The number of hydrogen-bond donors (Lipinski definition) is 1. The van der Waals surface area contributed by atoms with Gasteiger partial charge in [0.1, 0.15) is 23.7 Å². The molecule has 1 N–H and O–H groups in total. The van der Waals surface area contributed by atoms with Gasteiger partial charge in [0.05, 0.1) is 0 Å². The van der Waals surface area contributed by atoms with Crippen LogP contribution in [0, 0.1) is 0 Å². The Morgan fingerprint density at radius 1 is 1.14 bits per heavy atom. The van der Waals surface area contributed by atoms with Crippen molar-refractivity contribution in [3.05, 3.63) is 22.8 Å². The Kier molecular flexibility index (Phi) is 3.31. The zero-order valence-corrected chi connectivity index (χ0v) is 12.9. The fourth-order valence-corrected chi connectivity index (χ4v) is 3.78. The first-order valence-electron chi connectivity index (χ1n) is 8.14. The molecule has 1 aromatic rings. The molecule has 0 bridgehead atoms. The predicted octanol–water partition coefficient (Wildman–Crippen LogP) is 1.74. The summed E-state index contributed by atoms with van der Waals surface area (Å²) in [6.07, 6.45) is 2.61. The lowest BCUT2D eigenvalue weighted by Gasteiger charge is -2.28. The van der Waals surface area contributed by atoms with Gasteiger partial charge in [-0.2, -0.15) is 0 Å². The molecule has 114 valence electrons. The molecule has 1 fully saturated rings. The van der Waals surface area contributed by atoms with Crippen LogP contribution in [0.1, 0.15) is 30.5 Å². The topological polar surface area (TPSA) is 33.7 Å². The Morgan fingerprint density at radius 3 is 2.71 bits per heavy atom. The third-order valence-electron chi connectivity index (χ3n) is 4.77. The highest BCUT2D eigenvalue weighted by Crippen LogP contribution is 2.43. The van der Waals surface area contributed by atoms with Gasteiger partial charge < -0.3 is 14.8 Å². The van der Waals surface area contributed by atoms with Crippen LogP contribution in [0.2, 0.25) is 0 Å². The van der Waals surface area contributed by atoms with Crippen LogP contribution in [0.5, 0.6) is 11.5 Å². The van der Waals surface area contributed by atoms with Crippen molar-refractivity contribution in [3.63, 3.8) is 0 Å². The molecule has 0 spiro atoms. The van der Waals surface area contributed by atoms with Gasteiger partial charge in [-0.3, -0.25) is 4.90 Å². The van der Waals surface area contributed by atoms with Gasteiger partial charge in [-0.25, -0.2) is 0 Å². The van der Waals surface area contributed by atoms with E-state index >= 15 is 0 Å². The van der Waals surface area contributed by atoms with E-state index in [4.69, 9.17) is 9.47 Å². The fraction of sp³-hybridized carbons (Fsp3) is 0.647. The molecule has 0 saturated carbocycles. The zero-order chi connectivity index (χ0) is 14.4. The maximum Gasteiger partial charge on any atom is 0.128 e. The molecule has 21 heavy (non-hydrogen) atoms. The maximum atomic E-state index is 6.14. The zero-order valence-electron chi connectivity index (χ0n) is 12.9. The molecule has 4 heteroatoms. The van der Waals surface area contributed by atoms with Crippen LogP contribution in [0.3, 0.4) is 0 Å². The summed E-state index contributed by atoms with van der Waals surface area (Å²) in [6.45, 7) is 9.71. The Bertz CT molecular complexity index is 516. The highest BCUT2D eigenvalue weighted by molar-refractivity contribution is 5.57. The van der Waals surface area contributed by atoms with E-state index in [1.54, 1.807) is 0 Å². The fourth-order valence-electron chi connectivity index (χ4n) is 3.78. The SMILES string of the molecule is CC1Cc2c(cc3c(c2CN2CCNCC2)OC(C)C3)O1. The van der Waals surface area contributed by atoms with E-state index in [1.165, 1.54) is 16.7 Å². The van der Waals surface area contributed by atoms with E-state index in [1.807, 2.05) is 0 Å². The molecule has 0 aromatic heterocycles. The minimum Gasteiger partial charge on any atom is -0.490 e. The average Bonchev–Trinajstić information content (AvgIpc) is 3.01. The molecule has 4 nitrogen and oxygen atoms in total. The molecular formula is C17H24N2O2.